The Morgan fingerprint density at radius 3 is 2.83 bits per heavy atom. The van der Waals surface area contributed by atoms with Crippen LogP contribution in [0.3, 0.4) is 0 Å². The molecule has 4 heterocycles. The predicted molar refractivity (Wildman–Crippen MR) is 88.9 cm³/mol. The zero-order chi connectivity index (χ0) is 16.1. The molecule has 5 rings (SSSR count). The fraction of sp³-hybridized carbons (Fsp3) is 0. The van der Waals surface area contributed by atoms with Crippen molar-refractivity contribution in [2.24, 2.45) is 0 Å². The van der Waals surface area contributed by atoms with Crippen molar-refractivity contribution in [3.63, 3.8) is 0 Å². The molecule has 5 aromatic rings. The molecule has 4 aromatic heterocycles. The van der Waals surface area contributed by atoms with Crippen LogP contribution >= 0.6 is 22.9 Å². The summed E-state index contributed by atoms with van der Waals surface area (Å²) in [6.07, 6.45) is 1.83. The molecule has 10 heteroatoms. The number of tetrazole rings is 1. The first-order valence-corrected chi connectivity index (χ1v) is 8.14. The van der Waals surface area contributed by atoms with Crippen molar-refractivity contribution < 1.29 is 0 Å². The SMILES string of the molecule is Clc1ccccc1-c1nnc2sc(-c3ccc4nnnn4c3)nn12. The van der Waals surface area contributed by atoms with E-state index in [9.17, 15) is 0 Å². The summed E-state index contributed by atoms with van der Waals surface area (Å²) >= 11 is 7.70. The normalized spacial score (nSPS) is 11.5. The van der Waals surface area contributed by atoms with E-state index in [1.165, 1.54) is 11.3 Å². The lowest BCUT2D eigenvalue weighted by Crippen LogP contribution is -1.93. The van der Waals surface area contributed by atoms with Crippen LogP contribution in [0.15, 0.2) is 42.6 Å². The number of hydrogen-bond acceptors (Lipinski definition) is 7. The summed E-state index contributed by atoms with van der Waals surface area (Å²) in [4.78, 5) is 0.691. The van der Waals surface area contributed by atoms with Gasteiger partial charge in [0.1, 0.15) is 5.01 Å². The molecule has 0 aliphatic heterocycles. The van der Waals surface area contributed by atoms with Gasteiger partial charge in [-0.25, -0.2) is 0 Å². The smallest absolute Gasteiger partial charge is 0.200 e. The molecule has 0 spiro atoms. The quantitative estimate of drug-likeness (QED) is 0.484. The average molecular weight is 355 g/mol. The number of halogens is 1. The molecule has 0 aliphatic carbocycles. The van der Waals surface area contributed by atoms with Crippen LogP contribution in [-0.4, -0.2) is 39.9 Å². The van der Waals surface area contributed by atoms with Crippen molar-refractivity contribution in [2.75, 3.05) is 0 Å². The summed E-state index contributed by atoms with van der Waals surface area (Å²) in [5, 5.41) is 25.9. The summed E-state index contributed by atoms with van der Waals surface area (Å²) in [5.74, 6) is 0.613. The third kappa shape index (κ3) is 1.99. The first-order chi connectivity index (χ1) is 11.8. The molecular formula is C14H7ClN8S. The molecule has 0 bridgehead atoms. The van der Waals surface area contributed by atoms with E-state index in [2.05, 4.69) is 30.8 Å². The fourth-order valence-corrected chi connectivity index (χ4v) is 3.46. The second-order valence-electron chi connectivity index (χ2n) is 5.00. The maximum Gasteiger partial charge on any atom is 0.235 e. The van der Waals surface area contributed by atoms with Gasteiger partial charge in [-0.05, 0) is 34.7 Å². The van der Waals surface area contributed by atoms with Crippen LogP contribution in [-0.2, 0) is 0 Å². The lowest BCUT2D eigenvalue weighted by molar-refractivity contribution is 0.823. The van der Waals surface area contributed by atoms with Crippen molar-refractivity contribution in [1.29, 1.82) is 0 Å². The van der Waals surface area contributed by atoms with Gasteiger partial charge in [0.2, 0.25) is 4.96 Å². The molecule has 0 N–H and O–H groups in total. The van der Waals surface area contributed by atoms with Crippen molar-refractivity contribution in [1.82, 2.24) is 39.9 Å². The topological polar surface area (TPSA) is 86.2 Å². The Kier molecular flexibility index (Phi) is 2.84. The number of hydrogen-bond donors (Lipinski definition) is 0. The van der Waals surface area contributed by atoms with Crippen LogP contribution in [0.2, 0.25) is 5.02 Å². The van der Waals surface area contributed by atoms with Crippen molar-refractivity contribution in [2.45, 2.75) is 0 Å². The fourth-order valence-electron chi connectivity index (χ4n) is 2.41. The summed E-state index contributed by atoms with van der Waals surface area (Å²) in [6, 6.07) is 11.3. The maximum absolute atomic E-state index is 6.26. The summed E-state index contributed by atoms with van der Waals surface area (Å²) in [6.45, 7) is 0. The third-order valence-corrected chi connectivity index (χ3v) is 4.82. The number of benzene rings is 1. The van der Waals surface area contributed by atoms with Gasteiger partial charge in [0.05, 0.1) is 5.02 Å². The first-order valence-electron chi connectivity index (χ1n) is 6.95. The molecule has 0 saturated carbocycles. The monoisotopic (exact) mass is 354 g/mol. The van der Waals surface area contributed by atoms with Gasteiger partial charge in [0.25, 0.3) is 0 Å². The lowest BCUT2D eigenvalue weighted by Gasteiger charge is -1.99. The molecule has 8 nitrogen and oxygen atoms in total. The number of nitrogens with zero attached hydrogens (tertiary/aromatic N) is 8. The molecule has 0 amide bonds. The highest BCUT2D eigenvalue weighted by Gasteiger charge is 2.16. The van der Waals surface area contributed by atoms with Crippen molar-refractivity contribution in [3.05, 3.63) is 47.6 Å². The van der Waals surface area contributed by atoms with E-state index < -0.39 is 0 Å². The van der Waals surface area contributed by atoms with Crippen LogP contribution in [0, 0.1) is 0 Å². The molecule has 24 heavy (non-hydrogen) atoms. The Morgan fingerprint density at radius 2 is 1.92 bits per heavy atom. The minimum absolute atomic E-state index is 0.608. The molecule has 1 aromatic carbocycles. The van der Waals surface area contributed by atoms with Crippen molar-refractivity contribution >= 4 is 33.5 Å². The highest BCUT2D eigenvalue weighted by atomic mass is 35.5. The number of aromatic nitrogens is 8. The van der Waals surface area contributed by atoms with Gasteiger partial charge >= 0.3 is 0 Å². The van der Waals surface area contributed by atoms with E-state index in [4.69, 9.17) is 11.6 Å². The second-order valence-corrected chi connectivity index (χ2v) is 6.37. The minimum Gasteiger partial charge on any atom is -0.200 e. The van der Waals surface area contributed by atoms with Crippen LogP contribution in [0.5, 0.6) is 0 Å². The highest BCUT2D eigenvalue weighted by Crippen LogP contribution is 2.30. The Morgan fingerprint density at radius 1 is 1.00 bits per heavy atom. The molecular weight excluding hydrogens is 348 g/mol. The van der Waals surface area contributed by atoms with Gasteiger partial charge < -0.3 is 0 Å². The van der Waals surface area contributed by atoms with E-state index >= 15 is 0 Å². The lowest BCUT2D eigenvalue weighted by atomic mass is 10.2. The number of pyridine rings is 1. The molecule has 0 aliphatic rings. The molecule has 0 radical (unpaired) electrons. The summed E-state index contributed by atoms with van der Waals surface area (Å²) in [7, 11) is 0. The Labute approximate surface area is 143 Å². The van der Waals surface area contributed by atoms with Gasteiger partial charge in [0, 0.05) is 17.3 Å². The predicted octanol–water partition coefficient (Wildman–Crippen LogP) is 2.61. The minimum atomic E-state index is 0.608. The van der Waals surface area contributed by atoms with E-state index in [-0.39, 0.29) is 0 Å². The van der Waals surface area contributed by atoms with E-state index in [0.717, 1.165) is 16.1 Å². The van der Waals surface area contributed by atoms with Gasteiger partial charge in [-0.1, -0.05) is 35.1 Å². The Bertz CT molecular complexity index is 1190. The molecule has 116 valence electrons. The average Bonchev–Trinajstić information content (AvgIpc) is 3.30. The molecule has 0 saturated heterocycles. The maximum atomic E-state index is 6.26. The number of rotatable bonds is 2. The third-order valence-electron chi connectivity index (χ3n) is 3.54. The standard InChI is InChI=1S/C14H7ClN8S/c15-10-4-2-1-3-9(10)12-17-18-14-23(12)19-13(24-14)8-5-6-11-16-20-21-22(11)7-8/h1-7H. The van der Waals surface area contributed by atoms with Gasteiger partial charge in [-0.15, -0.1) is 15.3 Å². The number of fused-ring (bicyclic) bond motifs is 2. The zero-order valence-electron chi connectivity index (χ0n) is 11.9. The van der Waals surface area contributed by atoms with Crippen LogP contribution in [0.25, 0.3) is 32.6 Å². The Balaban J connectivity index is 1.68. The molecule has 0 unspecified atom stereocenters. The largest absolute Gasteiger partial charge is 0.235 e. The second kappa shape index (κ2) is 5.05. The highest BCUT2D eigenvalue weighted by molar-refractivity contribution is 7.19. The Hall–Kier alpha value is -2.91. The first kappa shape index (κ1) is 13.5. The molecule has 0 atom stereocenters. The van der Waals surface area contributed by atoms with Crippen molar-refractivity contribution in [3.8, 4) is 22.0 Å². The van der Waals surface area contributed by atoms with E-state index in [1.807, 2.05) is 42.6 Å². The molecule has 0 fully saturated rings. The van der Waals surface area contributed by atoms with Crippen LogP contribution in [0.1, 0.15) is 0 Å². The van der Waals surface area contributed by atoms with Gasteiger partial charge in [-0.3, -0.25) is 0 Å². The summed E-state index contributed by atoms with van der Waals surface area (Å²) < 4.78 is 3.30. The van der Waals surface area contributed by atoms with E-state index in [0.29, 0.717) is 21.5 Å². The zero-order valence-corrected chi connectivity index (χ0v) is 13.5. The van der Waals surface area contributed by atoms with Crippen LogP contribution in [0.4, 0.5) is 0 Å². The summed E-state index contributed by atoms with van der Waals surface area (Å²) in [5.41, 5.74) is 2.37. The van der Waals surface area contributed by atoms with Gasteiger partial charge in [0.15, 0.2) is 11.5 Å². The van der Waals surface area contributed by atoms with E-state index in [1.54, 1.807) is 9.03 Å². The van der Waals surface area contributed by atoms with Gasteiger partial charge in [-0.2, -0.15) is 14.1 Å². The van der Waals surface area contributed by atoms with Crippen LogP contribution < -0.4 is 0 Å².